The topological polar surface area (TPSA) is 41.6 Å². The van der Waals surface area contributed by atoms with Gasteiger partial charge in [0, 0.05) is 18.8 Å². The van der Waals surface area contributed by atoms with Crippen LogP contribution in [0.3, 0.4) is 0 Å². The van der Waals surface area contributed by atoms with Crippen molar-refractivity contribution in [2.75, 3.05) is 7.05 Å². The third kappa shape index (κ3) is 2.50. The summed E-state index contributed by atoms with van der Waals surface area (Å²) in [6, 6.07) is 0. The molecule has 0 amide bonds. The van der Waals surface area contributed by atoms with Crippen molar-refractivity contribution < 1.29 is 13.2 Å². The first kappa shape index (κ1) is 12.0. The van der Waals surface area contributed by atoms with Gasteiger partial charge in [-0.1, -0.05) is 13.8 Å². The lowest BCUT2D eigenvalue weighted by Gasteiger charge is -2.29. The Morgan fingerprint density at radius 1 is 1.47 bits per heavy atom. The largest absolute Gasteiger partial charge is 0.433 e. The second kappa shape index (κ2) is 3.84. The molecule has 1 aliphatic heterocycles. The third-order valence-electron chi connectivity index (χ3n) is 2.19. The molecule has 1 atom stereocenters. The molecule has 86 valence electrons. The van der Waals surface area contributed by atoms with Gasteiger partial charge in [0.2, 0.25) is 0 Å². The van der Waals surface area contributed by atoms with E-state index in [1.54, 1.807) is 20.9 Å². The van der Waals surface area contributed by atoms with E-state index >= 15 is 0 Å². The van der Waals surface area contributed by atoms with Crippen molar-refractivity contribution in [2.45, 2.75) is 26.3 Å². The fraction of sp³-hybridized carbons (Fsp3) is 0.667. The lowest BCUT2D eigenvalue weighted by Crippen LogP contribution is -2.42. The molecule has 15 heavy (non-hydrogen) atoms. The van der Waals surface area contributed by atoms with Crippen LogP contribution in [-0.2, 0) is 0 Å². The van der Waals surface area contributed by atoms with Gasteiger partial charge in [-0.05, 0) is 5.92 Å². The first-order valence-corrected chi connectivity index (χ1v) is 4.58. The van der Waals surface area contributed by atoms with Crippen LogP contribution in [0, 0.1) is 5.92 Å². The lowest BCUT2D eigenvalue weighted by molar-refractivity contribution is -0.0597. The standard InChI is InChI=1S/C9H14F3N3/c1-5(2)6-4-15(3)8(13)14-7(6)9(10,11)12/h4-5,8H,13H2,1-3H3. The van der Waals surface area contributed by atoms with Crippen molar-refractivity contribution in [3.05, 3.63) is 11.8 Å². The number of nitrogens with zero attached hydrogens (tertiary/aromatic N) is 2. The Labute approximate surface area is 86.5 Å². The number of allylic oxidation sites excluding steroid dienone is 1. The zero-order valence-electron chi connectivity index (χ0n) is 8.84. The van der Waals surface area contributed by atoms with E-state index in [2.05, 4.69) is 4.99 Å². The molecule has 0 aliphatic carbocycles. The molecule has 0 spiro atoms. The second-order valence-electron chi connectivity index (χ2n) is 3.79. The molecular weight excluding hydrogens is 207 g/mol. The van der Waals surface area contributed by atoms with Gasteiger partial charge in [-0.2, -0.15) is 13.2 Å². The maximum absolute atomic E-state index is 12.6. The minimum atomic E-state index is -4.44. The molecule has 0 saturated heterocycles. The third-order valence-corrected chi connectivity index (χ3v) is 2.19. The van der Waals surface area contributed by atoms with E-state index < -0.39 is 18.2 Å². The Kier molecular flexibility index (Phi) is 3.08. The van der Waals surface area contributed by atoms with E-state index in [0.717, 1.165) is 0 Å². The van der Waals surface area contributed by atoms with Gasteiger partial charge in [0.15, 0.2) is 6.29 Å². The van der Waals surface area contributed by atoms with Crippen molar-refractivity contribution >= 4 is 5.71 Å². The molecule has 0 aromatic heterocycles. The number of hydrogen-bond acceptors (Lipinski definition) is 3. The van der Waals surface area contributed by atoms with Crippen molar-refractivity contribution in [1.29, 1.82) is 0 Å². The molecule has 0 bridgehead atoms. The van der Waals surface area contributed by atoms with Crippen molar-refractivity contribution in [1.82, 2.24) is 4.90 Å². The molecule has 1 unspecified atom stereocenters. The van der Waals surface area contributed by atoms with Crippen LogP contribution in [0.1, 0.15) is 13.8 Å². The van der Waals surface area contributed by atoms with E-state index in [1.165, 1.54) is 11.1 Å². The molecule has 3 nitrogen and oxygen atoms in total. The quantitative estimate of drug-likeness (QED) is 0.732. The minimum absolute atomic E-state index is 0.173. The smallest absolute Gasteiger partial charge is 0.347 e. The van der Waals surface area contributed by atoms with E-state index in [1.807, 2.05) is 0 Å². The van der Waals surface area contributed by atoms with E-state index in [-0.39, 0.29) is 11.5 Å². The molecule has 1 aliphatic rings. The zero-order chi connectivity index (χ0) is 11.8. The summed E-state index contributed by atoms with van der Waals surface area (Å²) in [5, 5.41) is 0. The molecule has 0 saturated carbocycles. The van der Waals surface area contributed by atoms with Gasteiger partial charge < -0.3 is 4.90 Å². The fourth-order valence-corrected chi connectivity index (χ4v) is 1.31. The van der Waals surface area contributed by atoms with Crippen LogP contribution >= 0.6 is 0 Å². The number of aliphatic imine (C=N–C) groups is 1. The van der Waals surface area contributed by atoms with Gasteiger partial charge in [0.25, 0.3) is 0 Å². The summed E-state index contributed by atoms with van der Waals surface area (Å²) in [5.41, 5.74) is 4.74. The van der Waals surface area contributed by atoms with Crippen molar-refractivity contribution in [3.63, 3.8) is 0 Å². The van der Waals surface area contributed by atoms with Gasteiger partial charge in [0.1, 0.15) is 5.71 Å². The van der Waals surface area contributed by atoms with E-state index in [4.69, 9.17) is 5.73 Å². The van der Waals surface area contributed by atoms with Gasteiger partial charge >= 0.3 is 6.18 Å². The molecule has 0 aromatic carbocycles. The van der Waals surface area contributed by atoms with Crippen LogP contribution in [0.4, 0.5) is 13.2 Å². The zero-order valence-corrected chi connectivity index (χ0v) is 8.84. The van der Waals surface area contributed by atoms with Gasteiger partial charge in [-0.25, -0.2) is 4.99 Å². The van der Waals surface area contributed by atoms with Crippen LogP contribution in [-0.4, -0.2) is 30.1 Å². The van der Waals surface area contributed by atoms with Crippen molar-refractivity contribution in [2.24, 2.45) is 16.6 Å². The Bertz CT molecular complexity index is 304. The maximum Gasteiger partial charge on any atom is 0.433 e. The maximum atomic E-state index is 12.6. The van der Waals surface area contributed by atoms with Gasteiger partial charge in [-0.15, -0.1) is 0 Å². The van der Waals surface area contributed by atoms with E-state index in [0.29, 0.717) is 0 Å². The summed E-state index contributed by atoms with van der Waals surface area (Å²) in [6.07, 6.45) is -3.98. The molecule has 0 radical (unpaired) electrons. The summed E-state index contributed by atoms with van der Waals surface area (Å²) in [7, 11) is 1.60. The van der Waals surface area contributed by atoms with Gasteiger partial charge in [0.05, 0.1) is 0 Å². The number of rotatable bonds is 1. The van der Waals surface area contributed by atoms with Crippen LogP contribution < -0.4 is 5.73 Å². The van der Waals surface area contributed by atoms with E-state index in [9.17, 15) is 13.2 Å². The fourth-order valence-electron chi connectivity index (χ4n) is 1.31. The van der Waals surface area contributed by atoms with Crippen LogP contribution in [0.2, 0.25) is 0 Å². The Balaban J connectivity index is 3.12. The highest BCUT2D eigenvalue weighted by Gasteiger charge is 2.41. The lowest BCUT2D eigenvalue weighted by atomic mass is 9.98. The molecule has 1 heterocycles. The molecule has 1 rings (SSSR count). The predicted octanol–water partition coefficient (Wildman–Crippen LogP) is 1.72. The Hall–Kier alpha value is -1.04. The van der Waals surface area contributed by atoms with Crippen LogP contribution in [0.15, 0.2) is 16.8 Å². The number of halogens is 3. The summed E-state index contributed by atoms with van der Waals surface area (Å²) in [6.45, 7) is 3.38. The normalized spacial score (nSPS) is 22.9. The molecule has 2 N–H and O–H groups in total. The summed E-state index contributed by atoms with van der Waals surface area (Å²) < 4.78 is 37.8. The first-order valence-electron chi connectivity index (χ1n) is 4.58. The Morgan fingerprint density at radius 2 is 2.00 bits per heavy atom. The van der Waals surface area contributed by atoms with Crippen LogP contribution in [0.5, 0.6) is 0 Å². The van der Waals surface area contributed by atoms with Gasteiger partial charge in [-0.3, -0.25) is 5.73 Å². The highest BCUT2D eigenvalue weighted by molar-refractivity contribution is 6.05. The van der Waals surface area contributed by atoms with Crippen molar-refractivity contribution in [3.8, 4) is 0 Å². The summed E-state index contributed by atoms with van der Waals surface area (Å²) in [5.74, 6) is -0.236. The second-order valence-corrected chi connectivity index (χ2v) is 3.79. The summed E-state index contributed by atoms with van der Waals surface area (Å²) >= 11 is 0. The predicted molar refractivity (Wildman–Crippen MR) is 52.1 cm³/mol. The number of hydrogen-bond donors (Lipinski definition) is 1. The average Bonchev–Trinajstić information content (AvgIpc) is 2.06. The minimum Gasteiger partial charge on any atom is -0.347 e. The summed E-state index contributed by atoms with van der Waals surface area (Å²) in [4.78, 5) is 4.93. The molecule has 6 heteroatoms. The molecular formula is C9H14F3N3. The highest BCUT2D eigenvalue weighted by Crippen LogP contribution is 2.29. The average molecular weight is 221 g/mol. The Morgan fingerprint density at radius 3 is 2.40 bits per heavy atom. The SMILES string of the molecule is CC(C)C1=CN(C)C(N)N=C1C(F)(F)F. The number of nitrogens with two attached hydrogens (primary N) is 1. The molecule has 0 aromatic rings. The monoisotopic (exact) mass is 221 g/mol. The highest BCUT2D eigenvalue weighted by atomic mass is 19.4. The van der Waals surface area contributed by atoms with Crippen LogP contribution in [0.25, 0.3) is 0 Å². The first-order chi connectivity index (χ1) is 6.73. The molecule has 0 fully saturated rings. The number of alkyl halides is 3.